The van der Waals surface area contributed by atoms with Crippen LogP contribution < -0.4 is 5.32 Å². The highest BCUT2D eigenvalue weighted by molar-refractivity contribution is 7.12. The van der Waals surface area contributed by atoms with Gasteiger partial charge in [-0.05, 0) is 25.5 Å². The van der Waals surface area contributed by atoms with E-state index in [-0.39, 0.29) is 12.3 Å². The molecule has 1 unspecified atom stereocenters. The van der Waals surface area contributed by atoms with Gasteiger partial charge in [0.1, 0.15) is 6.04 Å². The summed E-state index contributed by atoms with van der Waals surface area (Å²) in [5, 5.41) is 11.5. The average Bonchev–Trinajstić information content (AvgIpc) is 2.63. The predicted octanol–water partition coefficient (Wildman–Crippen LogP) is 1.97. The van der Waals surface area contributed by atoms with E-state index in [0.29, 0.717) is 6.42 Å². The Kier molecular flexibility index (Phi) is 5.15. The van der Waals surface area contributed by atoms with Gasteiger partial charge >= 0.3 is 5.97 Å². The highest BCUT2D eigenvalue weighted by Gasteiger charge is 2.18. The minimum absolute atomic E-state index is 0.229. The fourth-order valence-electron chi connectivity index (χ4n) is 1.53. The number of hydrogen-bond acceptors (Lipinski definition) is 3. The van der Waals surface area contributed by atoms with Crippen LogP contribution >= 0.6 is 11.3 Å². The summed E-state index contributed by atoms with van der Waals surface area (Å²) in [5.74, 6) is -1.20. The molecule has 1 atom stereocenters. The second kappa shape index (κ2) is 6.39. The summed E-state index contributed by atoms with van der Waals surface area (Å²) in [5.41, 5.74) is 0. The van der Waals surface area contributed by atoms with Crippen LogP contribution in [0.2, 0.25) is 0 Å². The predicted molar refractivity (Wildman–Crippen MR) is 67.2 cm³/mol. The third-order valence-corrected chi connectivity index (χ3v) is 3.34. The van der Waals surface area contributed by atoms with Gasteiger partial charge in [-0.1, -0.05) is 13.3 Å². The first-order chi connectivity index (χ1) is 8.02. The molecule has 1 aromatic heterocycles. The molecule has 0 aromatic carbocycles. The molecule has 0 spiro atoms. The van der Waals surface area contributed by atoms with Gasteiger partial charge in [-0.15, -0.1) is 11.3 Å². The number of aryl methyl sites for hydroxylation is 1. The van der Waals surface area contributed by atoms with Gasteiger partial charge in [0.2, 0.25) is 5.91 Å². The van der Waals surface area contributed by atoms with Crippen molar-refractivity contribution < 1.29 is 14.7 Å². The van der Waals surface area contributed by atoms with Crippen LogP contribution in [0, 0.1) is 6.92 Å². The average molecular weight is 255 g/mol. The van der Waals surface area contributed by atoms with Gasteiger partial charge in [-0.2, -0.15) is 0 Å². The number of hydrogen-bond donors (Lipinski definition) is 2. The Morgan fingerprint density at radius 2 is 2.18 bits per heavy atom. The maximum atomic E-state index is 11.6. The van der Waals surface area contributed by atoms with Crippen molar-refractivity contribution >= 4 is 23.2 Å². The first-order valence-electron chi connectivity index (χ1n) is 5.60. The monoisotopic (exact) mass is 255 g/mol. The number of carbonyl (C=O) groups excluding carboxylic acids is 1. The minimum atomic E-state index is -0.970. The molecule has 1 aromatic rings. The molecule has 0 saturated carbocycles. The van der Waals surface area contributed by atoms with Gasteiger partial charge in [-0.25, -0.2) is 4.79 Å². The Bertz CT molecular complexity index is 400. The lowest BCUT2D eigenvalue weighted by Crippen LogP contribution is -2.41. The number of rotatable bonds is 6. The Labute approximate surface area is 105 Å². The van der Waals surface area contributed by atoms with E-state index >= 15 is 0 Å². The molecule has 17 heavy (non-hydrogen) atoms. The Balaban J connectivity index is 2.50. The van der Waals surface area contributed by atoms with E-state index < -0.39 is 12.0 Å². The molecule has 0 bridgehead atoms. The van der Waals surface area contributed by atoms with Crippen molar-refractivity contribution in [3.8, 4) is 0 Å². The normalized spacial score (nSPS) is 12.1. The van der Waals surface area contributed by atoms with Crippen LogP contribution in [0.25, 0.3) is 0 Å². The van der Waals surface area contributed by atoms with Crippen LogP contribution in [-0.4, -0.2) is 23.0 Å². The Hall–Kier alpha value is -1.36. The van der Waals surface area contributed by atoms with Crippen LogP contribution in [0.4, 0.5) is 0 Å². The van der Waals surface area contributed by atoms with Crippen molar-refractivity contribution in [1.29, 1.82) is 0 Å². The fourth-order valence-corrected chi connectivity index (χ4v) is 2.42. The number of carbonyl (C=O) groups is 2. The summed E-state index contributed by atoms with van der Waals surface area (Å²) in [6.45, 7) is 3.87. The number of carboxylic acid groups (broad SMARTS) is 1. The molecule has 0 aliphatic heterocycles. The zero-order chi connectivity index (χ0) is 12.8. The number of aliphatic carboxylic acids is 1. The Morgan fingerprint density at radius 3 is 2.65 bits per heavy atom. The van der Waals surface area contributed by atoms with Crippen molar-refractivity contribution in [2.75, 3.05) is 0 Å². The zero-order valence-corrected chi connectivity index (χ0v) is 10.8. The van der Waals surface area contributed by atoms with Gasteiger partial charge in [0, 0.05) is 9.75 Å². The van der Waals surface area contributed by atoms with Crippen molar-refractivity contribution in [2.24, 2.45) is 0 Å². The van der Waals surface area contributed by atoms with Crippen LogP contribution in [0.5, 0.6) is 0 Å². The molecular weight excluding hydrogens is 238 g/mol. The summed E-state index contributed by atoms with van der Waals surface area (Å²) >= 11 is 1.56. The number of amides is 1. The largest absolute Gasteiger partial charge is 0.480 e. The second-order valence-corrected chi connectivity index (χ2v) is 5.31. The van der Waals surface area contributed by atoms with Gasteiger partial charge in [0.05, 0.1) is 6.42 Å². The van der Waals surface area contributed by atoms with E-state index in [1.807, 2.05) is 26.0 Å². The van der Waals surface area contributed by atoms with Gasteiger partial charge in [-0.3, -0.25) is 4.79 Å². The molecule has 1 heterocycles. The third-order valence-electron chi connectivity index (χ3n) is 2.34. The van der Waals surface area contributed by atoms with Crippen LogP contribution in [0.1, 0.15) is 29.5 Å². The van der Waals surface area contributed by atoms with Gasteiger partial charge in [0.15, 0.2) is 0 Å². The van der Waals surface area contributed by atoms with Gasteiger partial charge in [0.25, 0.3) is 0 Å². The molecular formula is C12H17NO3S. The first-order valence-corrected chi connectivity index (χ1v) is 6.42. The van der Waals surface area contributed by atoms with E-state index in [0.717, 1.165) is 16.2 Å². The number of nitrogens with one attached hydrogen (secondary N) is 1. The summed E-state index contributed by atoms with van der Waals surface area (Å²) in [6.07, 6.45) is 1.45. The third kappa shape index (κ3) is 4.56. The SMILES string of the molecule is CCCC(NC(=O)Cc1ccc(C)s1)C(=O)O. The fraction of sp³-hybridized carbons (Fsp3) is 0.500. The van der Waals surface area contributed by atoms with Crippen molar-refractivity contribution in [3.63, 3.8) is 0 Å². The molecule has 0 aliphatic carbocycles. The van der Waals surface area contributed by atoms with E-state index in [2.05, 4.69) is 5.32 Å². The number of carboxylic acids is 1. The maximum Gasteiger partial charge on any atom is 0.326 e. The second-order valence-electron chi connectivity index (χ2n) is 3.94. The molecule has 5 heteroatoms. The van der Waals surface area contributed by atoms with E-state index in [4.69, 9.17) is 5.11 Å². The Morgan fingerprint density at radius 1 is 1.47 bits per heavy atom. The lowest BCUT2D eigenvalue weighted by Gasteiger charge is -2.12. The summed E-state index contributed by atoms with van der Waals surface area (Å²) in [4.78, 5) is 24.6. The quantitative estimate of drug-likeness (QED) is 0.816. The standard InChI is InChI=1S/C12H17NO3S/c1-3-4-10(12(15)16)13-11(14)7-9-6-5-8(2)17-9/h5-6,10H,3-4,7H2,1-2H3,(H,13,14)(H,15,16). The summed E-state index contributed by atoms with van der Waals surface area (Å²) < 4.78 is 0. The molecule has 1 rings (SSSR count). The first kappa shape index (κ1) is 13.7. The molecule has 94 valence electrons. The highest BCUT2D eigenvalue weighted by Crippen LogP contribution is 2.15. The summed E-state index contributed by atoms with van der Waals surface area (Å²) in [6, 6.07) is 3.08. The van der Waals surface area contributed by atoms with Crippen molar-refractivity contribution in [3.05, 3.63) is 21.9 Å². The lowest BCUT2D eigenvalue weighted by atomic mass is 10.1. The van der Waals surface area contributed by atoms with E-state index in [1.165, 1.54) is 0 Å². The lowest BCUT2D eigenvalue weighted by molar-refractivity contribution is -0.141. The topological polar surface area (TPSA) is 66.4 Å². The molecule has 0 fully saturated rings. The number of thiophene rings is 1. The molecule has 0 aliphatic rings. The van der Waals surface area contributed by atoms with Gasteiger partial charge < -0.3 is 10.4 Å². The van der Waals surface area contributed by atoms with Crippen LogP contribution in [0.15, 0.2) is 12.1 Å². The summed E-state index contributed by atoms with van der Waals surface area (Å²) in [7, 11) is 0. The smallest absolute Gasteiger partial charge is 0.326 e. The molecule has 0 saturated heterocycles. The minimum Gasteiger partial charge on any atom is -0.480 e. The van der Waals surface area contributed by atoms with Crippen molar-refractivity contribution in [2.45, 2.75) is 39.2 Å². The van der Waals surface area contributed by atoms with Crippen LogP contribution in [0.3, 0.4) is 0 Å². The van der Waals surface area contributed by atoms with Crippen LogP contribution in [-0.2, 0) is 16.0 Å². The molecule has 1 amide bonds. The molecule has 0 radical (unpaired) electrons. The maximum absolute atomic E-state index is 11.6. The van der Waals surface area contributed by atoms with E-state index in [9.17, 15) is 9.59 Å². The van der Waals surface area contributed by atoms with E-state index in [1.54, 1.807) is 11.3 Å². The molecule has 4 nitrogen and oxygen atoms in total. The van der Waals surface area contributed by atoms with Crippen molar-refractivity contribution in [1.82, 2.24) is 5.32 Å². The highest BCUT2D eigenvalue weighted by atomic mass is 32.1. The molecule has 2 N–H and O–H groups in total. The zero-order valence-electron chi connectivity index (χ0n) is 10.0.